The first kappa shape index (κ1) is 16.3. The lowest BCUT2D eigenvalue weighted by molar-refractivity contribution is 0.112. The van der Waals surface area contributed by atoms with Gasteiger partial charge in [0.15, 0.2) is 6.29 Å². The van der Waals surface area contributed by atoms with E-state index in [1.807, 2.05) is 36.4 Å². The van der Waals surface area contributed by atoms with Crippen molar-refractivity contribution in [1.82, 2.24) is 0 Å². The lowest BCUT2D eigenvalue weighted by atomic mass is 9.88. The van der Waals surface area contributed by atoms with Crippen LogP contribution in [0.5, 0.6) is 5.75 Å². The van der Waals surface area contributed by atoms with Gasteiger partial charge in [-0.05, 0) is 58.5 Å². The Hall–Kier alpha value is -2.61. The normalized spacial score (nSPS) is 10.8. The molecule has 2 heteroatoms. The van der Waals surface area contributed by atoms with Gasteiger partial charge in [0.2, 0.25) is 0 Å². The minimum Gasteiger partial charge on any atom is -0.497 e. The van der Waals surface area contributed by atoms with Crippen LogP contribution in [0.15, 0.2) is 54.6 Å². The molecule has 0 saturated carbocycles. The maximum Gasteiger partial charge on any atom is 0.151 e. The molecular weight excluding hydrogens is 296 g/mol. The van der Waals surface area contributed by atoms with Crippen molar-refractivity contribution in [3.05, 3.63) is 65.7 Å². The second-order valence-electron chi connectivity index (χ2n) is 6.00. The highest BCUT2D eigenvalue weighted by atomic mass is 16.5. The fourth-order valence-electron chi connectivity index (χ4n) is 3.23. The van der Waals surface area contributed by atoms with Crippen LogP contribution in [-0.2, 0) is 6.42 Å². The van der Waals surface area contributed by atoms with Gasteiger partial charge in [-0.3, -0.25) is 4.79 Å². The molecule has 0 amide bonds. The monoisotopic (exact) mass is 318 g/mol. The predicted octanol–water partition coefficient (Wildman–Crippen LogP) is 5.67. The minimum atomic E-state index is 0.771. The number of benzene rings is 3. The summed E-state index contributed by atoms with van der Waals surface area (Å²) in [7, 11) is 1.66. The molecule has 0 N–H and O–H groups in total. The van der Waals surface area contributed by atoms with Crippen molar-refractivity contribution in [2.75, 3.05) is 7.11 Å². The molecule has 0 saturated heterocycles. The maximum absolute atomic E-state index is 12.0. The summed E-state index contributed by atoms with van der Waals surface area (Å²) in [4.78, 5) is 12.0. The number of ether oxygens (including phenoxy) is 1. The summed E-state index contributed by atoms with van der Waals surface area (Å²) in [6, 6.07) is 18.3. The van der Waals surface area contributed by atoms with Gasteiger partial charge in [-0.1, -0.05) is 49.7 Å². The van der Waals surface area contributed by atoms with Crippen molar-refractivity contribution in [1.29, 1.82) is 0 Å². The van der Waals surface area contributed by atoms with Crippen molar-refractivity contribution in [3.63, 3.8) is 0 Å². The van der Waals surface area contributed by atoms with Crippen LogP contribution in [0.1, 0.15) is 35.7 Å². The molecule has 24 heavy (non-hydrogen) atoms. The largest absolute Gasteiger partial charge is 0.497 e. The van der Waals surface area contributed by atoms with Crippen LogP contribution < -0.4 is 4.74 Å². The number of carbonyl (C=O) groups is 1. The highest BCUT2D eigenvalue weighted by Crippen LogP contribution is 2.35. The molecule has 0 aromatic heterocycles. The molecule has 0 unspecified atom stereocenters. The summed E-state index contributed by atoms with van der Waals surface area (Å²) < 4.78 is 5.34. The number of fused-ring (bicyclic) bond motifs is 1. The maximum atomic E-state index is 12.0. The summed E-state index contributed by atoms with van der Waals surface area (Å²) in [5.74, 6) is 0.813. The minimum absolute atomic E-state index is 0.771. The molecule has 0 atom stereocenters. The SMILES string of the molecule is CCCCc1cc2cc(OC)ccc2c(C=O)c1-c1ccccc1. The second kappa shape index (κ2) is 7.31. The fourth-order valence-corrected chi connectivity index (χ4v) is 3.23. The van der Waals surface area contributed by atoms with Gasteiger partial charge < -0.3 is 4.74 Å². The lowest BCUT2D eigenvalue weighted by Gasteiger charge is -2.16. The van der Waals surface area contributed by atoms with E-state index < -0.39 is 0 Å². The topological polar surface area (TPSA) is 26.3 Å². The zero-order valence-corrected chi connectivity index (χ0v) is 14.2. The van der Waals surface area contributed by atoms with Crippen molar-refractivity contribution in [2.45, 2.75) is 26.2 Å². The van der Waals surface area contributed by atoms with Gasteiger partial charge in [-0.15, -0.1) is 0 Å². The smallest absolute Gasteiger partial charge is 0.151 e. The number of aldehydes is 1. The Kier molecular flexibility index (Phi) is 4.95. The van der Waals surface area contributed by atoms with Gasteiger partial charge in [0.25, 0.3) is 0 Å². The summed E-state index contributed by atoms with van der Waals surface area (Å²) >= 11 is 0. The molecule has 3 rings (SSSR count). The molecule has 0 aliphatic rings. The van der Waals surface area contributed by atoms with Crippen LogP contribution in [0.2, 0.25) is 0 Å². The van der Waals surface area contributed by atoms with Gasteiger partial charge in [-0.25, -0.2) is 0 Å². The third kappa shape index (κ3) is 3.05. The molecule has 0 aliphatic heterocycles. The van der Waals surface area contributed by atoms with Crippen molar-refractivity contribution < 1.29 is 9.53 Å². The molecule has 122 valence electrons. The average Bonchev–Trinajstić information content (AvgIpc) is 2.65. The summed E-state index contributed by atoms with van der Waals surface area (Å²) in [5.41, 5.74) is 4.17. The Morgan fingerprint density at radius 3 is 2.50 bits per heavy atom. The highest BCUT2D eigenvalue weighted by Gasteiger charge is 2.15. The Morgan fingerprint density at radius 2 is 1.83 bits per heavy atom. The standard InChI is InChI=1S/C22H22O2/c1-3-4-8-17-13-18-14-19(24-2)11-12-20(18)21(15-23)22(17)16-9-6-5-7-10-16/h5-7,9-15H,3-4,8H2,1-2H3. The van der Waals surface area contributed by atoms with Crippen LogP contribution in [0, 0.1) is 0 Å². The van der Waals surface area contributed by atoms with E-state index in [4.69, 9.17) is 4.74 Å². The molecule has 0 fully saturated rings. The van der Waals surface area contributed by atoms with Crippen molar-refractivity contribution in [2.24, 2.45) is 0 Å². The number of rotatable bonds is 6. The summed E-state index contributed by atoms with van der Waals surface area (Å²) in [6.07, 6.45) is 4.19. The average molecular weight is 318 g/mol. The number of aryl methyl sites for hydroxylation is 1. The zero-order chi connectivity index (χ0) is 16.9. The van der Waals surface area contributed by atoms with E-state index in [-0.39, 0.29) is 0 Å². The van der Waals surface area contributed by atoms with Crippen LogP contribution in [0.4, 0.5) is 0 Å². The van der Waals surface area contributed by atoms with Gasteiger partial charge in [0.1, 0.15) is 5.75 Å². The molecule has 3 aromatic carbocycles. The lowest BCUT2D eigenvalue weighted by Crippen LogP contribution is -1.98. The first-order chi connectivity index (χ1) is 11.8. The first-order valence-corrected chi connectivity index (χ1v) is 8.42. The summed E-state index contributed by atoms with van der Waals surface area (Å²) in [5, 5.41) is 2.03. The van der Waals surface area contributed by atoms with Crippen LogP contribution in [0.25, 0.3) is 21.9 Å². The van der Waals surface area contributed by atoms with Crippen LogP contribution >= 0.6 is 0 Å². The number of hydrogen-bond donors (Lipinski definition) is 0. The molecular formula is C22H22O2. The van der Waals surface area contributed by atoms with E-state index >= 15 is 0 Å². The highest BCUT2D eigenvalue weighted by molar-refractivity contribution is 6.06. The molecule has 2 nitrogen and oxygen atoms in total. The zero-order valence-electron chi connectivity index (χ0n) is 14.2. The van der Waals surface area contributed by atoms with Crippen molar-refractivity contribution in [3.8, 4) is 16.9 Å². The second-order valence-corrected chi connectivity index (χ2v) is 6.00. The molecule has 0 bridgehead atoms. The van der Waals surface area contributed by atoms with E-state index in [1.165, 1.54) is 5.56 Å². The van der Waals surface area contributed by atoms with E-state index in [2.05, 4.69) is 25.1 Å². The molecule has 3 aromatic rings. The Bertz CT molecular complexity index is 851. The van der Waals surface area contributed by atoms with E-state index in [0.717, 1.165) is 58.8 Å². The molecule has 0 aliphatic carbocycles. The van der Waals surface area contributed by atoms with Gasteiger partial charge in [0.05, 0.1) is 7.11 Å². The van der Waals surface area contributed by atoms with Gasteiger partial charge in [-0.2, -0.15) is 0 Å². The predicted molar refractivity (Wildman–Crippen MR) is 99.9 cm³/mol. The quantitative estimate of drug-likeness (QED) is 0.547. The Morgan fingerprint density at radius 1 is 1.04 bits per heavy atom. The fraction of sp³-hybridized carbons (Fsp3) is 0.227. The number of methoxy groups -OCH3 is 1. The van der Waals surface area contributed by atoms with Crippen molar-refractivity contribution >= 4 is 17.1 Å². The first-order valence-electron chi connectivity index (χ1n) is 8.42. The van der Waals surface area contributed by atoms with Crippen LogP contribution in [0.3, 0.4) is 0 Å². The summed E-state index contributed by atoms with van der Waals surface area (Å²) in [6.45, 7) is 2.19. The Labute approximate surface area is 143 Å². The molecule has 0 heterocycles. The van der Waals surface area contributed by atoms with Gasteiger partial charge in [0, 0.05) is 5.56 Å². The Balaban J connectivity index is 2.31. The van der Waals surface area contributed by atoms with Crippen LogP contribution in [-0.4, -0.2) is 13.4 Å². The van der Waals surface area contributed by atoms with Gasteiger partial charge >= 0.3 is 0 Å². The number of hydrogen-bond acceptors (Lipinski definition) is 2. The third-order valence-corrected chi connectivity index (χ3v) is 4.45. The number of unbranched alkanes of at least 4 members (excludes halogenated alkanes) is 1. The molecule has 0 radical (unpaired) electrons. The third-order valence-electron chi connectivity index (χ3n) is 4.45. The van der Waals surface area contributed by atoms with E-state index in [9.17, 15) is 4.79 Å². The molecule has 0 spiro atoms. The van der Waals surface area contributed by atoms with E-state index in [1.54, 1.807) is 7.11 Å². The number of carbonyl (C=O) groups excluding carboxylic acids is 1. The van der Waals surface area contributed by atoms with E-state index in [0.29, 0.717) is 0 Å².